The van der Waals surface area contributed by atoms with Gasteiger partial charge in [-0.1, -0.05) is 48.0 Å². The molecule has 0 radical (unpaired) electrons. The quantitative estimate of drug-likeness (QED) is 0.164. The number of aromatic nitrogens is 1. The number of ether oxygens (including phenoxy) is 2. The van der Waals surface area contributed by atoms with Crippen LogP contribution in [0.1, 0.15) is 28.5 Å². The maximum Gasteiger partial charge on any atom is 0.430 e. The van der Waals surface area contributed by atoms with Crippen LogP contribution in [0.2, 0.25) is 5.02 Å². The van der Waals surface area contributed by atoms with E-state index in [1.807, 2.05) is 0 Å². The highest BCUT2D eigenvalue weighted by Crippen LogP contribution is 2.51. The van der Waals surface area contributed by atoms with Crippen LogP contribution in [0, 0.1) is 0 Å². The van der Waals surface area contributed by atoms with Crippen LogP contribution < -0.4 is 14.2 Å². The smallest absolute Gasteiger partial charge is 0.430 e. The van der Waals surface area contributed by atoms with E-state index in [-0.39, 0.29) is 26.9 Å². The predicted molar refractivity (Wildman–Crippen MR) is 167 cm³/mol. The maximum atomic E-state index is 13.8. The van der Waals surface area contributed by atoms with Gasteiger partial charge in [-0.05, 0) is 47.3 Å². The number of pyridine rings is 1. The van der Waals surface area contributed by atoms with E-state index < -0.39 is 39.6 Å². The number of sulfonamides is 1. The van der Waals surface area contributed by atoms with Crippen molar-refractivity contribution in [2.24, 2.45) is 0 Å². The molecule has 16 heteroatoms. The molecule has 1 aliphatic rings. The van der Waals surface area contributed by atoms with E-state index in [1.54, 1.807) is 36.4 Å². The molecule has 48 heavy (non-hydrogen) atoms. The first-order valence-corrected chi connectivity index (χ1v) is 16.8. The average molecular weight is 729 g/mol. The Bertz CT molecular complexity index is 2090. The zero-order valence-corrected chi connectivity index (χ0v) is 26.7. The van der Waals surface area contributed by atoms with Crippen LogP contribution in [-0.4, -0.2) is 44.1 Å². The van der Waals surface area contributed by atoms with E-state index in [9.17, 15) is 39.9 Å². The topological polar surface area (TPSA) is 97.8 Å². The normalized spacial score (nSPS) is 14.9. The van der Waals surface area contributed by atoms with Gasteiger partial charge in [0.1, 0.15) is 0 Å². The molecule has 2 N–H and O–H groups in total. The lowest BCUT2D eigenvalue weighted by Gasteiger charge is -2.32. The molecule has 0 saturated carbocycles. The Kier molecular flexibility index (Phi) is 8.87. The summed E-state index contributed by atoms with van der Waals surface area (Å²) in [5.74, 6) is 0.654. The minimum Gasteiger partial charge on any atom is -0.490 e. The first-order valence-electron chi connectivity index (χ1n) is 14.1. The summed E-state index contributed by atoms with van der Waals surface area (Å²) in [7, 11) is -4.26. The summed E-state index contributed by atoms with van der Waals surface area (Å²) in [6.45, 7) is 0.741. The number of rotatable bonds is 7. The van der Waals surface area contributed by atoms with Crippen LogP contribution in [0.25, 0.3) is 21.3 Å². The largest absolute Gasteiger partial charge is 0.490 e. The van der Waals surface area contributed by atoms with Crippen molar-refractivity contribution in [3.63, 3.8) is 0 Å². The number of alkyl halides is 6. The molecule has 1 atom stereocenters. The van der Waals surface area contributed by atoms with Gasteiger partial charge in [0, 0.05) is 44.4 Å². The summed E-state index contributed by atoms with van der Waals surface area (Å²) in [5.41, 5.74) is -6.35. The van der Waals surface area contributed by atoms with Gasteiger partial charge in [-0.3, -0.25) is 4.98 Å². The van der Waals surface area contributed by atoms with Crippen LogP contribution in [-0.2, 0) is 15.6 Å². The Morgan fingerprint density at radius 2 is 1.58 bits per heavy atom. The summed E-state index contributed by atoms with van der Waals surface area (Å²) in [5, 5.41) is 10.7. The van der Waals surface area contributed by atoms with Gasteiger partial charge in [0.15, 0.2) is 11.5 Å². The Labute approximate surface area is 278 Å². The molecule has 3 aromatic carbocycles. The highest BCUT2D eigenvalue weighted by molar-refractivity contribution is 7.89. The number of benzene rings is 3. The minimum atomic E-state index is -6.08. The van der Waals surface area contributed by atoms with Crippen molar-refractivity contribution in [2.45, 2.75) is 35.3 Å². The van der Waals surface area contributed by atoms with Crippen LogP contribution in [0.5, 0.6) is 11.5 Å². The SMILES string of the molecule is O=S(=O)(NC(c1cc2cccc(-c3cc(C(O)(C(F)(F)F)C(F)(F)F)ccn3)c2s1)c1ccccc1Cl)c1ccc2c(c1)OCCCO2. The van der Waals surface area contributed by atoms with Crippen molar-refractivity contribution in [1.29, 1.82) is 0 Å². The maximum absolute atomic E-state index is 13.8. The molecule has 0 spiro atoms. The number of aliphatic hydroxyl groups is 1. The molecule has 0 fully saturated rings. The van der Waals surface area contributed by atoms with Crippen molar-refractivity contribution in [1.82, 2.24) is 9.71 Å². The van der Waals surface area contributed by atoms with E-state index in [0.717, 1.165) is 17.5 Å². The van der Waals surface area contributed by atoms with Gasteiger partial charge in [-0.25, -0.2) is 8.42 Å². The lowest BCUT2D eigenvalue weighted by Crippen LogP contribution is -2.53. The molecule has 2 aromatic heterocycles. The third-order valence-corrected chi connectivity index (χ3v) is 10.7. The highest BCUT2D eigenvalue weighted by Gasteiger charge is 2.71. The number of thiophene rings is 1. The Morgan fingerprint density at radius 1 is 0.875 bits per heavy atom. The molecule has 1 unspecified atom stereocenters. The standard InChI is InChI=1S/C32H23ClF6N2O5S2/c33-23-8-2-1-6-21(23)28(41-48(43,44)20-9-10-25-26(17-20)46-14-4-13-45-25)27-15-18-5-3-7-22(29(18)47-27)24-16-19(11-12-40-24)30(42,31(34,35)36)32(37,38)39/h1-3,5-12,15-17,28,41-42H,4,13-14H2. The minimum absolute atomic E-state index is 0.117. The van der Waals surface area contributed by atoms with Crippen molar-refractivity contribution >= 4 is 43.0 Å². The van der Waals surface area contributed by atoms with Gasteiger partial charge in [0.25, 0.3) is 5.60 Å². The molecule has 6 rings (SSSR count). The Hall–Kier alpha value is -3.89. The lowest BCUT2D eigenvalue weighted by molar-refractivity contribution is -0.376. The van der Waals surface area contributed by atoms with Gasteiger partial charge >= 0.3 is 12.4 Å². The van der Waals surface area contributed by atoms with E-state index in [2.05, 4.69) is 9.71 Å². The fraction of sp³-hybridized carbons (Fsp3) is 0.219. The number of nitrogens with zero attached hydrogens (tertiary/aromatic N) is 1. The van der Waals surface area contributed by atoms with Crippen LogP contribution in [0.4, 0.5) is 26.3 Å². The zero-order valence-electron chi connectivity index (χ0n) is 24.3. The summed E-state index contributed by atoms with van der Waals surface area (Å²) >= 11 is 7.57. The molecule has 0 saturated heterocycles. The molecule has 0 amide bonds. The fourth-order valence-electron chi connectivity index (χ4n) is 5.24. The Morgan fingerprint density at radius 3 is 2.29 bits per heavy atom. The second kappa shape index (κ2) is 12.5. The number of hydrogen-bond acceptors (Lipinski definition) is 7. The first kappa shape index (κ1) is 34.0. The second-order valence-electron chi connectivity index (χ2n) is 10.7. The summed E-state index contributed by atoms with van der Waals surface area (Å²) in [4.78, 5) is 4.30. The van der Waals surface area contributed by atoms with E-state index in [1.165, 1.54) is 30.3 Å². The molecular formula is C32H23ClF6N2O5S2. The monoisotopic (exact) mass is 728 g/mol. The van der Waals surface area contributed by atoms with Gasteiger partial charge < -0.3 is 14.6 Å². The Balaban J connectivity index is 1.45. The van der Waals surface area contributed by atoms with Gasteiger partial charge in [-0.2, -0.15) is 31.1 Å². The molecule has 252 valence electrons. The van der Waals surface area contributed by atoms with Crippen molar-refractivity contribution < 1.29 is 49.3 Å². The van der Waals surface area contributed by atoms with Crippen LogP contribution in [0.3, 0.4) is 0 Å². The van der Waals surface area contributed by atoms with Gasteiger partial charge in [0.05, 0.1) is 29.8 Å². The molecule has 1 aliphatic heterocycles. The van der Waals surface area contributed by atoms with Crippen molar-refractivity contribution in [3.8, 4) is 22.8 Å². The molecule has 0 aliphatic carbocycles. The molecule has 7 nitrogen and oxygen atoms in total. The molecular weight excluding hydrogens is 706 g/mol. The fourth-order valence-corrected chi connectivity index (χ4v) is 8.02. The number of nitrogens with one attached hydrogen (secondary N) is 1. The third kappa shape index (κ3) is 6.20. The number of hydrogen-bond donors (Lipinski definition) is 2. The van der Waals surface area contributed by atoms with Gasteiger partial charge in [0.2, 0.25) is 10.0 Å². The van der Waals surface area contributed by atoms with E-state index in [4.69, 9.17) is 21.1 Å². The van der Waals surface area contributed by atoms with Gasteiger partial charge in [-0.15, -0.1) is 11.3 Å². The number of fused-ring (bicyclic) bond motifs is 2. The average Bonchev–Trinajstić information content (AvgIpc) is 3.33. The van der Waals surface area contributed by atoms with Crippen molar-refractivity contribution in [3.05, 3.63) is 106 Å². The van der Waals surface area contributed by atoms with Crippen LogP contribution >= 0.6 is 22.9 Å². The lowest BCUT2D eigenvalue weighted by atomic mass is 9.91. The third-order valence-electron chi connectivity index (χ3n) is 7.64. The van der Waals surface area contributed by atoms with E-state index >= 15 is 0 Å². The second-order valence-corrected chi connectivity index (χ2v) is 13.9. The molecule has 3 heterocycles. The molecule has 5 aromatic rings. The summed E-state index contributed by atoms with van der Waals surface area (Å²) in [6, 6.07) is 16.9. The molecule has 0 bridgehead atoms. The van der Waals surface area contributed by atoms with Crippen LogP contribution in [0.15, 0.2) is 90.0 Å². The summed E-state index contributed by atoms with van der Waals surface area (Å²) in [6.07, 6.45) is -10.8. The van der Waals surface area contributed by atoms with E-state index in [0.29, 0.717) is 58.0 Å². The number of halogens is 7. The van der Waals surface area contributed by atoms with Crippen molar-refractivity contribution in [2.75, 3.05) is 13.2 Å². The predicted octanol–water partition coefficient (Wildman–Crippen LogP) is 8.16. The summed E-state index contributed by atoms with van der Waals surface area (Å²) < 4.78 is 124. The zero-order chi connectivity index (χ0) is 34.5. The highest BCUT2D eigenvalue weighted by atomic mass is 35.5. The first-order chi connectivity index (χ1) is 22.6.